The molecule has 1 saturated carbocycles. The third kappa shape index (κ3) is 4.90. The van der Waals surface area contributed by atoms with Gasteiger partial charge >= 0.3 is 0 Å². The summed E-state index contributed by atoms with van der Waals surface area (Å²) in [6.45, 7) is 4.78. The monoisotopic (exact) mass is 382 g/mol. The van der Waals surface area contributed by atoms with E-state index in [-0.39, 0.29) is 35.7 Å². The summed E-state index contributed by atoms with van der Waals surface area (Å²) in [6, 6.07) is 8.49. The van der Waals surface area contributed by atoms with Crippen molar-refractivity contribution in [1.29, 1.82) is 0 Å². The number of nitrogens with two attached hydrogens (primary N) is 1. The molecule has 2 aliphatic rings. The molecule has 1 amide bonds. The Labute approximate surface area is 162 Å². The van der Waals surface area contributed by atoms with Gasteiger partial charge in [0.2, 0.25) is 5.91 Å². The van der Waals surface area contributed by atoms with Crippen LogP contribution in [-0.4, -0.2) is 38.3 Å². The first kappa shape index (κ1) is 21.0. The minimum absolute atomic E-state index is 0. The fraction of sp³-hybridized carbons (Fsp3) is 0.650. The number of amides is 1. The summed E-state index contributed by atoms with van der Waals surface area (Å²) in [7, 11) is 0. The minimum atomic E-state index is -0.0562. The summed E-state index contributed by atoms with van der Waals surface area (Å²) in [5.41, 5.74) is 7.15. The van der Waals surface area contributed by atoms with Gasteiger partial charge in [-0.05, 0) is 56.7 Å². The predicted molar refractivity (Wildman–Crippen MR) is 105 cm³/mol. The molecule has 0 radical (unpaired) electrons. The number of benzene rings is 1. The molecule has 2 atom stereocenters. The maximum absolute atomic E-state index is 12.5. The van der Waals surface area contributed by atoms with Crippen LogP contribution >= 0.6 is 12.4 Å². The summed E-state index contributed by atoms with van der Waals surface area (Å²) >= 11 is 0. The molecule has 3 rings (SSSR count). The Bertz CT molecular complexity index is 573. The topological polar surface area (TPSA) is 73.6 Å². The van der Waals surface area contributed by atoms with Crippen LogP contribution in [0.25, 0.3) is 0 Å². The molecule has 0 aromatic heterocycles. The Morgan fingerprint density at radius 1 is 1.27 bits per heavy atom. The lowest BCUT2D eigenvalue weighted by molar-refractivity contribution is -0.125. The van der Waals surface area contributed by atoms with E-state index in [9.17, 15) is 4.79 Å². The van der Waals surface area contributed by atoms with Crippen LogP contribution in [0.2, 0.25) is 0 Å². The van der Waals surface area contributed by atoms with E-state index in [0.717, 1.165) is 51.1 Å². The zero-order chi connectivity index (χ0) is 17.7. The second kappa shape index (κ2) is 9.58. The van der Waals surface area contributed by atoms with E-state index in [4.69, 9.17) is 15.2 Å². The molecule has 1 aliphatic carbocycles. The molecule has 0 spiro atoms. The zero-order valence-electron chi connectivity index (χ0n) is 15.5. The Hall–Kier alpha value is -1.30. The third-order valence-electron chi connectivity index (χ3n) is 5.67. The van der Waals surface area contributed by atoms with Crippen molar-refractivity contribution in [1.82, 2.24) is 5.32 Å². The molecule has 1 aromatic carbocycles. The van der Waals surface area contributed by atoms with Gasteiger partial charge in [-0.25, -0.2) is 0 Å². The standard InChI is InChI=1S/C20H30N2O3.ClH/c1-2-25-18-7-4-16(5-8-18)20(9-11-24-12-10-20)14-22-19(23)15-3-6-17(21)13-15;/h4-5,7-8,15,17H,2-3,6,9-14,21H2,1H3,(H,22,23);1H. The molecular weight excluding hydrogens is 352 g/mol. The average molecular weight is 383 g/mol. The Morgan fingerprint density at radius 2 is 1.96 bits per heavy atom. The highest BCUT2D eigenvalue weighted by Gasteiger charge is 2.36. The number of halogens is 1. The van der Waals surface area contributed by atoms with E-state index >= 15 is 0 Å². The van der Waals surface area contributed by atoms with Crippen LogP contribution in [0.4, 0.5) is 0 Å². The Balaban J connectivity index is 0.00000243. The van der Waals surface area contributed by atoms with Crippen molar-refractivity contribution < 1.29 is 14.3 Å². The summed E-state index contributed by atoms with van der Waals surface area (Å²) < 4.78 is 11.1. The van der Waals surface area contributed by atoms with Gasteiger partial charge in [0.05, 0.1) is 6.61 Å². The molecular formula is C20H31ClN2O3. The van der Waals surface area contributed by atoms with Gasteiger partial charge < -0.3 is 20.5 Å². The largest absolute Gasteiger partial charge is 0.494 e. The first-order valence-electron chi connectivity index (χ1n) is 9.47. The number of hydrogen-bond donors (Lipinski definition) is 2. The van der Waals surface area contributed by atoms with Gasteiger partial charge in [-0.3, -0.25) is 4.79 Å². The van der Waals surface area contributed by atoms with Crippen molar-refractivity contribution >= 4 is 18.3 Å². The molecule has 1 aliphatic heterocycles. The Kier molecular flexibility index (Phi) is 7.74. The second-order valence-corrected chi connectivity index (χ2v) is 7.34. The van der Waals surface area contributed by atoms with Gasteiger partial charge in [0, 0.05) is 37.1 Å². The SMILES string of the molecule is CCOc1ccc(C2(CNC(=O)C3CCC(N)C3)CCOCC2)cc1.Cl. The lowest BCUT2D eigenvalue weighted by Gasteiger charge is -2.38. The summed E-state index contributed by atoms with van der Waals surface area (Å²) in [6.07, 6.45) is 4.52. The van der Waals surface area contributed by atoms with Gasteiger partial charge in [0.15, 0.2) is 0 Å². The maximum atomic E-state index is 12.5. The normalized spacial score (nSPS) is 24.5. The van der Waals surface area contributed by atoms with Crippen molar-refractivity contribution in [2.24, 2.45) is 11.7 Å². The highest BCUT2D eigenvalue weighted by atomic mass is 35.5. The van der Waals surface area contributed by atoms with Crippen molar-refractivity contribution in [2.75, 3.05) is 26.4 Å². The molecule has 3 N–H and O–H groups in total. The zero-order valence-corrected chi connectivity index (χ0v) is 16.4. The first-order chi connectivity index (χ1) is 12.1. The smallest absolute Gasteiger partial charge is 0.223 e. The number of hydrogen-bond acceptors (Lipinski definition) is 4. The quantitative estimate of drug-likeness (QED) is 0.793. The van der Waals surface area contributed by atoms with Gasteiger partial charge in [-0.2, -0.15) is 0 Å². The Morgan fingerprint density at radius 3 is 2.54 bits per heavy atom. The average Bonchev–Trinajstić information content (AvgIpc) is 3.08. The fourth-order valence-corrected chi connectivity index (χ4v) is 4.06. The number of ether oxygens (including phenoxy) is 2. The van der Waals surface area contributed by atoms with Crippen molar-refractivity contribution in [3.63, 3.8) is 0 Å². The molecule has 5 nitrogen and oxygen atoms in total. The van der Waals surface area contributed by atoms with Crippen LogP contribution in [0.5, 0.6) is 5.75 Å². The van der Waals surface area contributed by atoms with Crippen molar-refractivity contribution in [2.45, 2.75) is 50.5 Å². The first-order valence-corrected chi connectivity index (χ1v) is 9.47. The molecule has 1 aromatic rings. The van der Waals surface area contributed by atoms with Crippen LogP contribution < -0.4 is 15.8 Å². The highest BCUT2D eigenvalue weighted by Crippen LogP contribution is 2.35. The second-order valence-electron chi connectivity index (χ2n) is 7.34. The van der Waals surface area contributed by atoms with E-state index in [0.29, 0.717) is 13.2 Å². The molecule has 2 fully saturated rings. The van der Waals surface area contributed by atoms with Crippen LogP contribution in [0.15, 0.2) is 24.3 Å². The van der Waals surface area contributed by atoms with Crippen LogP contribution in [0, 0.1) is 5.92 Å². The molecule has 0 bridgehead atoms. The predicted octanol–water partition coefficient (Wildman–Crippen LogP) is 2.80. The summed E-state index contributed by atoms with van der Waals surface area (Å²) in [4.78, 5) is 12.5. The lowest BCUT2D eigenvalue weighted by atomic mass is 9.74. The highest BCUT2D eigenvalue weighted by molar-refractivity contribution is 5.85. The number of carbonyl (C=O) groups excluding carboxylic acids is 1. The molecule has 146 valence electrons. The van der Waals surface area contributed by atoms with E-state index in [1.54, 1.807) is 0 Å². The van der Waals surface area contributed by atoms with Crippen LogP contribution in [-0.2, 0) is 14.9 Å². The number of nitrogens with one attached hydrogen (secondary N) is 1. The molecule has 1 heterocycles. The van der Waals surface area contributed by atoms with Crippen LogP contribution in [0.3, 0.4) is 0 Å². The van der Waals surface area contributed by atoms with Crippen LogP contribution in [0.1, 0.15) is 44.6 Å². The fourth-order valence-electron chi connectivity index (χ4n) is 4.06. The number of carbonyl (C=O) groups is 1. The van der Waals surface area contributed by atoms with E-state index in [1.165, 1.54) is 5.56 Å². The van der Waals surface area contributed by atoms with Gasteiger partial charge in [-0.15, -0.1) is 12.4 Å². The van der Waals surface area contributed by atoms with Crippen molar-refractivity contribution in [3.05, 3.63) is 29.8 Å². The van der Waals surface area contributed by atoms with Crippen molar-refractivity contribution in [3.8, 4) is 5.75 Å². The summed E-state index contributed by atoms with van der Waals surface area (Å²) in [5.74, 6) is 1.12. The molecule has 1 saturated heterocycles. The lowest BCUT2D eigenvalue weighted by Crippen LogP contribution is -2.45. The van der Waals surface area contributed by atoms with Gasteiger partial charge in [0.25, 0.3) is 0 Å². The van der Waals surface area contributed by atoms with E-state index < -0.39 is 0 Å². The summed E-state index contributed by atoms with van der Waals surface area (Å²) in [5, 5.41) is 3.21. The van der Waals surface area contributed by atoms with E-state index in [2.05, 4.69) is 17.4 Å². The van der Waals surface area contributed by atoms with Gasteiger partial charge in [0.1, 0.15) is 5.75 Å². The minimum Gasteiger partial charge on any atom is -0.494 e. The van der Waals surface area contributed by atoms with Gasteiger partial charge in [-0.1, -0.05) is 12.1 Å². The number of rotatable bonds is 6. The maximum Gasteiger partial charge on any atom is 0.223 e. The molecule has 26 heavy (non-hydrogen) atoms. The molecule has 2 unspecified atom stereocenters. The van der Waals surface area contributed by atoms with E-state index in [1.807, 2.05) is 19.1 Å². The molecule has 6 heteroatoms. The third-order valence-corrected chi connectivity index (χ3v) is 5.67.